The van der Waals surface area contributed by atoms with Crippen molar-refractivity contribution in [3.8, 4) is 10.6 Å². The molecule has 146 valence electrons. The van der Waals surface area contributed by atoms with Crippen molar-refractivity contribution in [3.05, 3.63) is 64.7 Å². The molecule has 3 heterocycles. The van der Waals surface area contributed by atoms with Gasteiger partial charge in [0, 0.05) is 18.7 Å². The number of aromatic nitrogens is 1. The molecule has 0 spiro atoms. The highest BCUT2D eigenvalue weighted by Gasteiger charge is 2.36. The first kappa shape index (κ1) is 18.9. The fourth-order valence-electron chi connectivity index (χ4n) is 3.34. The summed E-state index contributed by atoms with van der Waals surface area (Å²) in [5.41, 5.74) is 2.27. The van der Waals surface area contributed by atoms with Gasteiger partial charge in [0.05, 0.1) is 16.4 Å². The highest BCUT2D eigenvalue weighted by molar-refractivity contribution is 7.91. The first-order valence-corrected chi connectivity index (χ1v) is 11.7. The van der Waals surface area contributed by atoms with Crippen molar-refractivity contribution >= 4 is 27.1 Å². The summed E-state index contributed by atoms with van der Waals surface area (Å²) in [4.78, 5) is 15.7. The smallest absolute Gasteiger partial charge is 0.276 e. The van der Waals surface area contributed by atoms with Crippen molar-refractivity contribution in [1.29, 1.82) is 0 Å². The Kier molecular flexibility index (Phi) is 5.07. The predicted molar refractivity (Wildman–Crippen MR) is 108 cm³/mol. The lowest BCUT2D eigenvalue weighted by molar-refractivity contribution is 0.0670. The molecule has 3 aromatic rings. The Morgan fingerprint density at radius 1 is 1.29 bits per heavy atom. The van der Waals surface area contributed by atoms with Crippen LogP contribution in [0.15, 0.2) is 52.4 Å². The SMILES string of the molecule is Cc1ccc(CN(C(=O)c2cc(-c3cccs3)on2)[C@@H]2CCS(=O)(=O)C2)cc1. The van der Waals surface area contributed by atoms with Crippen molar-refractivity contribution < 1.29 is 17.7 Å². The minimum absolute atomic E-state index is 0.0137. The number of benzene rings is 1. The molecular weight excluding hydrogens is 396 g/mol. The summed E-state index contributed by atoms with van der Waals surface area (Å²) < 4.78 is 29.3. The number of thiophene rings is 1. The van der Waals surface area contributed by atoms with E-state index in [9.17, 15) is 13.2 Å². The zero-order valence-corrected chi connectivity index (χ0v) is 17.0. The first-order valence-electron chi connectivity index (χ1n) is 8.99. The Hall–Kier alpha value is -2.45. The number of amides is 1. The predicted octanol–water partition coefficient (Wildman–Crippen LogP) is 3.54. The highest BCUT2D eigenvalue weighted by Crippen LogP contribution is 2.27. The van der Waals surface area contributed by atoms with Gasteiger partial charge < -0.3 is 9.42 Å². The summed E-state index contributed by atoms with van der Waals surface area (Å²) in [7, 11) is -3.12. The highest BCUT2D eigenvalue weighted by atomic mass is 32.2. The number of carbonyl (C=O) groups is 1. The Labute approximate surface area is 167 Å². The van der Waals surface area contributed by atoms with Gasteiger partial charge in [0.2, 0.25) is 0 Å². The van der Waals surface area contributed by atoms with Crippen molar-refractivity contribution in [2.45, 2.75) is 25.9 Å². The van der Waals surface area contributed by atoms with E-state index in [0.29, 0.717) is 18.7 Å². The van der Waals surface area contributed by atoms with Gasteiger partial charge >= 0.3 is 0 Å². The second kappa shape index (κ2) is 7.52. The van der Waals surface area contributed by atoms with Crippen LogP contribution >= 0.6 is 11.3 Å². The quantitative estimate of drug-likeness (QED) is 0.635. The van der Waals surface area contributed by atoms with E-state index < -0.39 is 9.84 Å². The maximum atomic E-state index is 13.2. The molecule has 1 amide bonds. The maximum Gasteiger partial charge on any atom is 0.276 e. The molecule has 0 aliphatic carbocycles. The molecule has 0 unspecified atom stereocenters. The van der Waals surface area contributed by atoms with E-state index in [-0.39, 0.29) is 29.1 Å². The molecule has 4 rings (SSSR count). The summed E-state index contributed by atoms with van der Waals surface area (Å²) >= 11 is 1.50. The average Bonchev–Trinajstić information content (AvgIpc) is 3.41. The second-order valence-electron chi connectivity index (χ2n) is 7.03. The van der Waals surface area contributed by atoms with Gasteiger partial charge in [-0.15, -0.1) is 11.3 Å². The topological polar surface area (TPSA) is 80.5 Å². The van der Waals surface area contributed by atoms with Crippen molar-refractivity contribution in [3.63, 3.8) is 0 Å². The molecule has 1 aliphatic rings. The van der Waals surface area contributed by atoms with E-state index in [1.54, 1.807) is 11.0 Å². The number of sulfone groups is 1. The number of carbonyl (C=O) groups excluding carboxylic acids is 1. The van der Waals surface area contributed by atoms with E-state index in [1.165, 1.54) is 11.3 Å². The molecule has 1 atom stereocenters. The zero-order chi connectivity index (χ0) is 19.7. The summed E-state index contributed by atoms with van der Waals surface area (Å²) in [6, 6.07) is 12.9. The fraction of sp³-hybridized carbons (Fsp3) is 0.300. The largest absolute Gasteiger partial charge is 0.355 e. The lowest BCUT2D eigenvalue weighted by Crippen LogP contribution is -2.40. The summed E-state index contributed by atoms with van der Waals surface area (Å²) in [6.45, 7) is 2.33. The molecule has 0 radical (unpaired) electrons. The molecule has 6 nitrogen and oxygen atoms in total. The number of rotatable bonds is 5. The number of hydrogen-bond donors (Lipinski definition) is 0. The molecule has 2 aromatic heterocycles. The van der Waals surface area contributed by atoms with E-state index in [1.807, 2.05) is 48.7 Å². The Morgan fingerprint density at radius 2 is 2.07 bits per heavy atom. The van der Waals surface area contributed by atoms with E-state index in [0.717, 1.165) is 16.0 Å². The van der Waals surface area contributed by atoms with Gasteiger partial charge in [0.25, 0.3) is 5.91 Å². The number of nitrogens with zero attached hydrogens (tertiary/aromatic N) is 2. The molecule has 8 heteroatoms. The maximum absolute atomic E-state index is 13.2. The molecular formula is C20H20N2O4S2. The van der Waals surface area contributed by atoms with Gasteiger partial charge in [-0.25, -0.2) is 8.42 Å². The molecule has 0 saturated carbocycles. The third-order valence-electron chi connectivity index (χ3n) is 4.88. The van der Waals surface area contributed by atoms with Crippen molar-refractivity contribution in [2.75, 3.05) is 11.5 Å². The molecule has 1 aromatic carbocycles. The molecule has 0 bridgehead atoms. The summed E-state index contributed by atoms with van der Waals surface area (Å²) in [5, 5.41) is 5.87. The van der Waals surface area contributed by atoms with Crippen LogP contribution < -0.4 is 0 Å². The van der Waals surface area contributed by atoms with Crippen LogP contribution in [0.3, 0.4) is 0 Å². The van der Waals surface area contributed by atoms with Gasteiger partial charge in [-0.2, -0.15) is 0 Å². The first-order chi connectivity index (χ1) is 13.4. The van der Waals surface area contributed by atoms with E-state index in [4.69, 9.17) is 4.52 Å². The summed E-state index contributed by atoms with van der Waals surface area (Å²) in [5.74, 6) is 0.316. The minimum atomic E-state index is -3.12. The van der Waals surface area contributed by atoms with Crippen molar-refractivity contribution in [1.82, 2.24) is 10.1 Å². The zero-order valence-electron chi connectivity index (χ0n) is 15.4. The monoisotopic (exact) mass is 416 g/mol. The van der Waals surface area contributed by atoms with Crippen LogP contribution in [-0.4, -0.2) is 41.9 Å². The standard InChI is InChI=1S/C20H20N2O4S2/c1-14-4-6-15(7-5-14)12-22(16-8-10-28(24,25)13-16)20(23)17-11-18(26-21-17)19-3-2-9-27-19/h2-7,9,11,16H,8,10,12-13H2,1H3/t16-/m1/s1. The second-order valence-corrected chi connectivity index (χ2v) is 10.2. The van der Waals surface area contributed by atoms with Crippen LogP contribution in [0.5, 0.6) is 0 Å². The number of aryl methyl sites for hydroxylation is 1. The molecule has 0 N–H and O–H groups in total. The Morgan fingerprint density at radius 3 is 2.71 bits per heavy atom. The fourth-order valence-corrected chi connectivity index (χ4v) is 5.74. The van der Waals surface area contributed by atoms with Gasteiger partial charge in [-0.1, -0.05) is 41.1 Å². The lowest BCUT2D eigenvalue weighted by atomic mass is 10.1. The van der Waals surface area contributed by atoms with Crippen LogP contribution in [0, 0.1) is 6.92 Å². The normalized spacial score (nSPS) is 18.2. The molecule has 28 heavy (non-hydrogen) atoms. The summed E-state index contributed by atoms with van der Waals surface area (Å²) in [6.07, 6.45) is 0.440. The van der Waals surface area contributed by atoms with Crippen molar-refractivity contribution in [2.24, 2.45) is 0 Å². The van der Waals surface area contributed by atoms with Crippen LogP contribution in [0.25, 0.3) is 10.6 Å². The number of hydrogen-bond acceptors (Lipinski definition) is 6. The van der Waals surface area contributed by atoms with Crippen LogP contribution in [-0.2, 0) is 16.4 Å². The van der Waals surface area contributed by atoms with Gasteiger partial charge in [-0.05, 0) is 30.4 Å². The third-order valence-corrected chi connectivity index (χ3v) is 7.51. The van der Waals surface area contributed by atoms with Gasteiger partial charge in [0.15, 0.2) is 21.3 Å². The Balaban J connectivity index is 1.62. The van der Waals surface area contributed by atoms with Gasteiger partial charge in [-0.3, -0.25) is 4.79 Å². The van der Waals surface area contributed by atoms with E-state index >= 15 is 0 Å². The van der Waals surface area contributed by atoms with E-state index in [2.05, 4.69) is 5.16 Å². The lowest BCUT2D eigenvalue weighted by Gasteiger charge is -2.27. The Bertz CT molecular complexity index is 1070. The van der Waals surface area contributed by atoms with Crippen LogP contribution in [0.1, 0.15) is 28.0 Å². The van der Waals surface area contributed by atoms with Gasteiger partial charge in [0.1, 0.15) is 0 Å². The average molecular weight is 417 g/mol. The molecule has 1 fully saturated rings. The molecule has 1 aliphatic heterocycles. The van der Waals surface area contributed by atoms with Crippen LogP contribution in [0.4, 0.5) is 0 Å². The minimum Gasteiger partial charge on any atom is -0.355 e. The molecule has 1 saturated heterocycles. The van der Waals surface area contributed by atoms with Crippen LogP contribution in [0.2, 0.25) is 0 Å². The third kappa shape index (κ3) is 4.02.